The number of aromatic hydroxyl groups is 1. The Morgan fingerprint density at radius 1 is 0.980 bits per heavy atom. The monoisotopic (exact) mass is 685 g/mol. The number of ketones is 2. The zero-order valence-corrected chi connectivity index (χ0v) is 27.6. The minimum absolute atomic E-state index is 0.0526. The number of primary amides is 1. The van der Waals surface area contributed by atoms with Crippen molar-refractivity contribution in [3.63, 3.8) is 0 Å². The summed E-state index contributed by atoms with van der Waals surface area (Å²) in [7, 11) is 2.99. The van der Waals surface area contributed by atoms with E-state index in [1.165, 1.54) is 36.7 Å². The van der Waals surface area contributed by atoms with E-state index in [9.17, 15) is 44.7 Å². The first kappa shape index (κ1) is 33.7. The van der Waals surface area contributed by atoms with Crippen LogP contribution in [-0.4, -0.2) is 98.6 Å². The lowest BCUT2D eigenvalue weighted by molar-refractivity contribution is -0.199. The Balaban J connectivity index is 1.20. The fourth-order valence-electron chi connectivity index (χ4n) is 9.27. The van der Waals surface area contributed by atoms with Crippen LogP contribution in [0.4, 0.5) is 10.5 Å². The lowest BCUT2D eigenvalue weighted by atomic mass is 9.52. The van der Waals surface area contributed by atoms with Crippen molar-refractivity contribution in [3.8, 4) is 5.75 Å². The number of carbonyl (C=O) groups is 4. The summed E-state index contributed by atoms with van der Waals surface area (Å²) < 4.78 is 5.64. The van der Waals surface area contributed by atoms with Crippen molar-refractivity contribution in [1.29, 1.82) is 0 Å². The highest BCUT2D eigenvalue weighted by Gasteiger charge is 2.71. The molecule has 8 N–H and O–H groups in total. The molecule has 262 valence electrons. The second-order valence-electron chi connectivity index (χ2n) is 14.1. The van der Waals surface area contributed by atoms with Crippen molar-refractivity contribution in [3.05, 3.63) is 88.5 Å². The standard InChI is InChI=1S/C37H39N3O10/c1-15-16-12-13-22(39-36(48)50-14-21-19-10-6-4-8-17(19)18-9-5-7-11-20(18)21)29(41)24(16)30(42)25-23(15)31(43)27-28(40(2)3)32(44)26(35(38)47)34(46)37(27,49)33(25)45/h4-13,15,17,19,21,23,26-28,31-32,41-44,49H,14H2,1-3H3,(H2,38,47)(H,39,48). The zero-order chi connectivity index (χ0) is 36.0. The fourth-order valence-corrected chi connectivity index (χ4v) is 9.27. The smallest absolute Gasteiger partial charge is 0.411 e. The fraction of sp³-hybridized carbons (Fsp3) is 0.405. The Morgan fingerprint density at radius 3 is 2.34 bits per heavy atom. The summed E-state index contributed by atoms with van der Waals surface area (Å²) in [5.41, 5.74) is 4.04. The van der Waals surface area contributed by atoms with Crippen LogP contribution in [0.3, 0.4) is 0 Å². The number of ether oxygens (including phenoxy) is 1. The Hall–Kier alpha value is -4.82. The number of amides is 2. The average molecular weight is 686 g/mol. The van der Waals surface area contributed by atoms with Crippen molar-refractivity contribution in [2.45, 2.75) is 48.5 Å². The van der Waals surface area contributed by atoms with Crippen LogP contribution in [0.5, 0.6) is 5.75 Å². The maximum absolute atomic E-state index is 14.2. The first-order valence-corrected chi connectivity index (χ1v) is 16.5. The molecule has 2 saturated carbocycles. The van der Waals surface area contributed by atoms with E-state index in [0.29, 0.717) is 5.56 Å². The molecule has 50 heavy (non-hydrogen) atoms. The molecule has 7 rings (SSSR count). The number of hydrogen-bond donors (Lipinski definition) is 7. The molecule has 0 saturated heterocycles. The minimum Gasteiger partial charge on any atom is -0.507 e. The van der Waals surface area contributed by atoms with E-state index >= 15 is 0 Å². The van der Waals surface area contributed by atoms with Crippen molar-refractivity contribution < 1.29 is 49.4 Å². The molecule has 0 spiro atoms. The number of nitrogens with one attached hydrogen (secondary N) is 1. The van der Waals surface area contributed by atoms with Crippen LogP contribution in [0, 0.1) is 23.7 Å². The highest BCUT2D eigenvalue weighted by atomic mass is 16.5. The van der Waals surface area contributed by atoms with Gasteiger partial charge in [0.1, 0.15) is 24.0 Å². The first-order valence-electron chi connectivity index (χ1n) is 16.5. The van der Waals surface area contributed by atoms with Gasteiger partial charge in [0.2, 0.25) is 11.7 Å². The van der Waals surface area contributed by atoms with E-state index < -0.39 is 88.2 Å². The molecule has 2 aromatic carbocycles. The number of anilines is 1. The molecule has 0 aromatic heterocycles. The Morgan fingerprint density at radius 2 is 1.66 bits per heavy atom. The Bertz CT molecular complexity index is 1920. The second kappa shape index (κ2) is 11.9. The van der Waals surface area contributed by atoms with Gasteiger partial charge in [0.05, 0.1) is 23.5 Å². The number of hydrogen-bond acceptors (Lipinski definition) is 11. The molecule has 0 bridgehead atoms. The highest BCUT2D eigenvalue weighted by Crippen LogP contribution is 2.56. The zero-order valence-electron chi connectivity index (χ0n) is 27.6. The third-order valence-electron chi connectivity index (χ3n) is 11.5. The normalized spacial score (nSPS) is 35.2. The summed E-state index contributed by atoms with van der Waals surface area (Å²) in [6, 6.07) is 9.65. The third-order valence-corrected chi connectivity index (χ3v) is 11.5. The molecular weight excluding hydrogens is 646 g/mol. The molecule has 5 aliphatic rings. The Kier molecular flexibility index (Phi) is 8.02. The molecule has 0 aliphatic heterocycles. The number of carbonyl (C=O) groups excluding carboxylic acids is 4. The predicted molar refractivity (Wildman–Crippen MR) is 179 cm³/mol. The van der Waals surface area contributed by atoms with Gasteiger partial charge in [-0.25, -0.2) is 4.79 Å². The van der Waals surface area contributed by atoms with Gasteiger partial charge in [0, 0.05) is 35.3 Å². The number of likely N-dealkylation sites (N-methyl/N-ethyl adjacent to an activating group) is 1. The summed E-state index contributed by atoms with van der Waals surface area (Å²) >= 11 is 0. The van der Waals surface area contributed by atoms with Crippen LogP contribution in [0.1, 0.15) is 46.9 Å². The second-order valence-corrected chi connectivity index (χ2v) is 14.1. The van der Waals surface area contributed by atoms with E-state index in [0.717, 1.165) is 5.56 Å². The molecule has 2 fully saturated rings. The van der Waals surface area contributed by atoms with Crippen molar-refractivity contribution in [1.82, 2.24) is 4.90 Å². The summed E-state index contributed by atoms with van der Waals surface area (Å²) in [6.45, 7) is 1.69. The largest absolute Gasteiger partial charge is 0.507 e. The quantitative estimate of drug-likeness (QED) is 0.178. The van der Waals surface area contributed by atoms with Gasteiger partial charge in [-0.2, -0.15) is 0 Å². The van der Waals surface area contributed by atoms with Crippen LogP contribution >= 0.6 is 0 Å². The molecule has 5 aliphatic carbocycles. The minimum atomic E-state index is -3.04. The number of aliphatic hydroxyl groups excluding tert-OH is 3. The maximum atomic E-state index is 14.2. The van der Waals surface area contributed by atoms with Crippen LogP contribution in [-0.2, 0) is 19.1 Å². The van der Waals surface area contributed by atoms with Gasteiger partial charge in [0.15, 0.2) is 11.4 Å². The van der Waals surface area contributed by atoms with Crippen molar-refractivity contribution >= 4 is 35.0 Å². The van der Waals surface area contributed by atoms with Gasteiger partial charge in [0.25, 0.3) is 0 Å². The molecule has 13 heteroatoms. The van der Waals surface area contributed by atoms with Crippen molar-refractivity contribution in [2.75, 3.05) is 26.0 Å². The number of phenolic OH excluding ortho intramolecular Hbond substituents is 1. The maximum Gasteiger partial charge on any atom is 0.411 e. The lowest BCUT2D eigenvalue weighted by Crippen LogP contribution is -2.76. The van der Waals surface area contributed by atoms with Gasteiger partial charge >= 0.3 is 6.09 Å². The average Bonchev–Trinajstić information content (AvgIpc) is 3.39. The topological polar surface area (TPSA) is 220 Å². The number of phenols is 1. The van der Waals surface area contributed by atoms with E-state index in [1.807, 2.05) is 30.4 Å². The number of Topliss-reactive ketones (excluding diaryl/α,β-unsaturated/α-hetero) is 2. The molecule has 2 amide bonds. The number of fused-ring (bicyclic) bond motifs is 6. The van der Waals surface area contributed by atoms with Gasteiger partial charge in [-0.15, -0.1) is 0 Å². The van der Waals surface area contributed by atoms with E-state index in [2.05, 4.69) is 23.5 Å². The van der Waals surface area contributed by atoms with Crippen LogP contribution in [0.25, 0.3) is 5.76 Å². The number of aliphatic hydroxyl groups is 4. The predicted octanol–water partition coefficient (Wildman–Crippen LogP) is 1.83. The Labute approximate surface area is 287 Å². The molecule has 11 atom stereocenters. The number of nitrogens with two attached hydrogens (primary N) is 1. The summed E-state index contributed by atoms with van der Waals surface area (Å²) in [5, 5.41) is 60.3. The molecule has 0 heterocycles. The molecular formula is C37H39N3O10. The van der Waals surface area contributed by atoms with Gasteiger partial charge in [-0.05, 0) is 48.7 Å². The molecule has 2 aromatic rings. The van der Waals surface area contributed by atoms with E-state index in [4.69, 9.17) is 10.5 Å². The van der Waals surface area contributed by atoms with Crippen LogP contribution in [0.15, 0.2) is 66.3 Å². The van der Waals surface area contributed by atoms with E-state index in [1.54, 1.807) is 6.92 Å². The first-order chi connectivity index (χ1) is 23.7. The van der Waals surface area contributed by atoms with Crippen molar-refractivity contribution in [2.24, 2.45) is 29.4 Å². The molecule has 13 nitrogen and oxygen atoms in total. The SMILES string of the molecule is CC1c2ccc(NC(=O)OCC3c4ccccc4C4C=CC=CC43)c(O)c2C(O)=C2C(=O)C3(O)C(=O)C(C(N)=O)C(O)C(N(C)C)C3C(O)C21. The van der Waals surface area contributed by atoms with Gasteiger partial charge in [-0.1, -0.05) is 61.6 Å². The number of allylic oxidation sites excluding steroid dienone is 4. The van der Waals surface area contributed by atoms with Gasteiger partial charge in [-0.3, -0.25) is 19.7 Å². The van der Waals surface area contributed by atoms with E-state index in [-0.39, 0.29) is 35.6 Å². The summed E-state index contributed by atoms with van der Waals surface area (Å²) in [6.07, 6.45) is 3.89. The number of benzene rings is 2. The third kappa shape index (κ3) is 4.60. The number of nitrogens with zero attached hydrogens (tertiary/aromatic N) is 1. The summed E-state index contributed by atoms with van der Waals surface area (Å²) in [4.78, 5) is 54.6. The number of rotatable bonds is 5. The van der Waals surface area contributed by atoms with Gasteiger partial charge < -0.3 is 40.9 Å². The molecule has 0 radical (unpaired) electrons. The molecule has 11 unspecified atom stereocenters. The lowest BCUT2D eigenvalue weighted by Gasteiger charge is -2.56. The van der Waals surface area contributed by atoms with Crippen LogP contribution in [0.2, 0.25) is 0 Å². The highest BCUT2D eigenvalue weighted by molar-refractivity contribution is 6.25. The van der Waals surface area contributed by atoms with Crippen LogP contribution < -0.4 is 11.1 Å². The summed E-state index contributed by atoms with van der Waals surface area (Å²) in [5.74, 6) is -10.7.